The van der Waals surface area contributed by atoms with Gasteiger partial charge in [-0.25, -0.2) is 22.0 Å². The average molecular weight is 320 g/mol. The van der Waals surface area contributed by atoms with E-state index in [1.807, 2.05) is 13.8 Å². The molecule has 1 aromatic carbocycles. The lowest BCUT2D eigenvalue weighted by molar-refractivity contribution is 0.577. The van der Waals surface area contributed by atoms with E-state index in [2.05, 4.69) is 4.72 Å². The van der Waals surface area contributed by atoms with Crippen LogP contribution in [-0.2, 0) is 20.0 Å². The van der Waals surface area contributed by atoms with Gasteiger partial charge in [0.15, 0.2) is 0 Å². The number of rotatable bonds is 6. The summed E-state index contributed by atoms with van der Waals surface area (Å²) < 4.78 is 48.8. The molecule has 3 N–H and O–H groups in total. The molecule has 0 spiro atoms. The third-order valence-corrected chi connectivity index (χ3v) is 4.98. The highest BCUT2D eigenvalue weighted by Gasteiger charge is 2.15. The van der Waals surface area contributed by atoms with Gasteiger partial charge in [0, 0.05) is 0 Å². The maximum absolute atomic E-state index is 11.9. The average Bonchev–Trinajstić information content (AvgIpc) is 2.28. The molecule has 0 bridgehead atoms. The summed E-state index contributed by atoms with van der Waals surface area (Å²) in [4.78, 5) is -0.121. The molecule has 8 heteroatoms. The molecule has 0 saturated heterocycles. The molecule has 0 atom stereocenters. The first-order chi connectivity index (χ1) is 9.01. The van der Waals surface area contributed by atoms with Crippen molar-refractivity contribution < 1.29 is 16.8 Å². The van der Waals surface area contributed by atoms with E-state index in [0.29, 0.717) is 12.0 Å². The summed E-state index contributed by atoms with van der Waals surface area (Å²) in [5, 5.41) is 5.03. The highest BCUT2D eigenvalue weighted by atomic mass is 32.2. The van der Waals surface area contributed by atoms with E-state index >= 15 is 0 Å². The quantitative estimate of drug-likeness (QED) is 0.826. The third-order valence-electron chi connectivity index (χ3n) is 2.77. The van der Waals surface area contributed by atoms with Gasteiger partial charge in [0.1, 0.15) is 0 Å². The van der Waals surface area contributed by atoms with Crippen molar-refractivity contribution >= 4 is 25.7 Å². The largest absolute Gasteiger partial charge is 0.283 e. The zero-order valence-electron chi connectivity index (χ0n) is 11.8. The number of hydrogen-bond acceptors (Lipinski definition) is 4. The fourth-order valence-corrected chi connectivity index (χ4v) is 3.48. The van der Waals surface area contributed by atoms with Gasteiger partial charge in [-0.2, -0.15) is 0 Å². The van der Waals surface area contributed by atoms with Crippen LogP contribution in [0.4, 0.5) is 5.69 Å². The van der Waals surface area contributed by atoms with E-state index in [-0.39, 0.29) is 22.3 Å². The van der Waals surface area contributed by atoms with Gasteiger partial charge in [-0.05, 0) is 37.0 Å². The van der Waals surface area contributed by atoms with E-state index < -0.39 is 20.0 Å². The molecular formula is C12H20N2O4S2. The van der Waals surface area contributed by atoms with Crippen LogP contribution in [-0.4, -0.2) is 22.6 Å². The van der Waals surface area contributed by atoms with Crippen LogP contribution in [0.1, 0.15) is 25.8 Å². The topological polar surface area (TPSA) is 106 Å². The van der Waals surface area contributed by atoms with Crippen LogP contribution in [0.2, 0.25) is 0 Å². The number of nitrogens with two attached hydrogens (primary N) is 1. The van der Waals surface area contributed by atoms with Crippen LogP contribution in [0.25, 0.3) is 0 Å². The molecule has 0 aromatic heterocycles. The second-order valence-electron chi connectivity index (χ2n) is 5.13. The molecule has 20 heavy (non-hydrogen) atoms. The molecule has 0 radical (unpaired) electrons. The minimum Gasteiger partial charge on any atom is -0.283 e. The Labute approximate surface area is 120 Å². The first kappa shape index (κ1) is 16.9. The van der Waals surface area contributed by atoms with E-state index in [4.69, 9.17) is 5.14 Å². The predicted octanol–water partition coefficient (Wildman–Crippen LogP) is 1.43. The normalized spacial score (nSPS) is 12.7. The molecule has 0 aliphatic heterocycles. The Bertz CT molecular complexity index is 679. The summed E-state index contributed by atoms with van der Waals surface area (Å²) in [5.41, 5.74) is 0.866. The maximum atomic E-state index is 11.9. The second-order valence-corrected chi connectivity index (χ2v) is 8.53. The molecule has 114 valence electrons. The predicted molar refractivity (Wildman–Crippen MR) is 79.4 cm³/mol. The Morgan fingerprint density at radius 1 is 1.20 bits per heavy atom. The molecule has 0 amide bonds. The Balaban J connectivity index is 3.03. The molecule has 0 unspecified atom stereocenters. The van der Waals surface area contributed by atoms with Gasteiger partial charge < -0.3 is 0 Å². The summed E-state index contributed by atoms with van der Waals surface area (Å²) in [6.45, 7) is 5.55. The SMILES string of the molecule is Cc1ccc(S(N)(=O)=O)cc1NS(=O)(=O)CCC(C)C. The summed E-state index contributed by atoms with van der Waals surface area (Å²) in [5.74, 6) is 0.257. The monoisotopic (exact) mass is 320 g/mol. The third kappa shape index (κ3) is 5.10. The molecule has 6 nitrogen and oxygen atoms in total. The Morgan fingerprint density at radius 3 is 2.30 bits per heavy atom. The summed E-state index contributed by atoms with van der Waals surface area (Å²) in [6.07, 6.45) is 0.531. The van der Waals surface area contributed by atoms with Gasteiger partial charge in [0.05, 0.1) is 16.3 Å². The van der Waals surface area contributed by atoms with Crippen molar-refractivity contribution in [2.45, 2.75) is 32.1 Å². The zero-order valence-corrected chi connectivity index (χ0v) is 13.4. The second kappa shape index (κ2) is 6.11. The van der Waals surface area contributed by atoms with Gasteiger partial charge in [-0.15, -0.1) is 0 Å². The lowest BCUT2D eigenvalue weighted by Gasteiger charge is -2.12. The number of sulfonamides is 2. The van der Waals surface area contributed by atoms with Gasteiger partial charge in [0.25, 0.3) is 0 Å². The smallest absolute Gasteiger partial charge is 0.238 e. The lowest BCUT2D eigenvalue weighted by Crippen LogP contribution is -2.19. The van der Waals surface area contributed by atoms with E-state index in [9.17, 15) is 16.8 Å². The van der Waals surface area contributed by atoms with Crippen molar-refractivity contribution in [3.8, 4) is 0 Å². The van der Waals surface area contributed by atoms with Gasteiger partial charge in [-0.3, -0.25) is 4.72 Å². The van der Waals surface area contributed by atoms with Crippen LogP contribution in [0.3, 0.4) is 0 Å². The van der Waals surface area contributed by atoms with Crippen molar-refractivity contribution in [3.63, 3.8) is 0 Å². The van der Waals surface area contributed by atoms with Crippen molar-refractivity contribution in [1.29, 1.82) is 0 Å². The number of hydrogen-bond donors (Lipinski definition) is 2. The van der Waals surface area contributed by atoms with Crippen LogP contribution in [0.5, 0.6) is 0 Å². The maximum Gasteiger partial charge on any atom is 0.238 e. The van der Waals surface area contributed by atoms with Gasteiger partial charge in [0.2, 0.25) is 20.0 Å². The van der Waals surface area contributed by atoms with Gasteiger partial charge in [-0.1, -0.05) is 19.9 Å². The van der Waals surface area contributed by atoms with E-state index in [1.165, 1.54) is 18.2 Å². The highest BCUT2D eigenvalue weighted by Crippen LogP contribution is 2.21. The minimum atomic E-state index is -3.86. The van der Waals surface area contributed by atoms with Crippen molar-refractivity contribution in [3.05, 3.63) is 23.8 Å². The van der Waals surface area contributed by atoms with Crippen LogP contribution in [0, 0.1) is 12.8 Å². The fraction of sp³-hybridized carbons (Fsp3) is 0.500. The fourth-order valence-electron chi connectivity index (χ4n) is 1.50. The molecule has 1 rings (SSSR count). The lowest BCUT2D eigenvalue weighted by atomic mass is 10.2. The Kier molecular flexibility index (Phi) is 5.17. The van der Waals surface area contributed by atoms with Crippen molar-refractivity contribution in [1.82, 2.24) is 0 Å². The number of nitrogens with one attached hydrogen (secondary N) is 1. The first-order valence-electron chi connectivity index (χ1n) is 6.15. The molecule has 0 aliphatic rings. The molecular weight excluding hydrogens is 300 g/mol. The molecule has 1 aromatic rings. The summed E-state index contributed by atoms with van der Waals surface area (Å²) >= 11 is 0. The highest BCUT2D eigenvalue weighted by molar-refractivity contribution is 7.92. The number of primary sulfonamides is 1. The van der Waals surface area contributed by atoms with Crippen LogP contribution < -0.4 is 9.86 Å². The molecule has 0 saturated carbocycles. The first-order valence-corrected chi connectivity index (χ1v) is 9.35. The summed E-state index contributed by atoms with van der Waals surface area (Å²) in [6, 6.07) is 4.09. The number of aryl methyl sites for hydroxylation is 1. The number of anilines is 1. The van der Waals surface area contributed by atoms with E-state index in [0.717, 1.165) is 0 Å². The van der Waals surface area contributed by atoms with Gasteiger partial charge >= 0.3 is 0 Å². The molecule has 0 aliphatic carbocycles. The van der Waals surface area contributed by atoms with Crippen molar-refractivity contribution in [2.24, 2.45) is 11.1 Å². The zero-order chi connectivity index (χ0) is 15.6. The molecule has 0 heterocycles. The van der Waals surface area contributed by atoms with Crippen molar-refractivity contribution in [2.75, 3.05) is 10.5 Å². The van der Waals surface area contributed by atoms with Crippen LogP contribution >= 0.6 is 0 Å². The number of benzene rings is 1. The minimum absolute atomic E-state index is 0.0102. The molecule has 0 fully saturated rings. The Morgan fingerprint density at radius 2 is 1.80 bits per heavy atom. The Hall–Kier alpha value is -1.12. The van der Waals surface area contributed by atoms with E-state index in [1.54, 1.807) is 6.92 Å². The summed E-state index contributed by atoms with van der Waals surface area (Å²) in [7, 11) is -7.36. The van der Waals surface area contributed by atoms with Crippen LogP contribution in [0.15, 0.2) is 23.1 Å². The standard InChI is InChI=1S/C12H20N2O4S2/c1-9(2)6-7-19(15,16)14-12-8-11(20(13,17)18)5-4-10(12)3/h4-5,8-9,14H,6-7H2,1-3H3,(H2,13,17,18).